The largest absolute Gasteiger partial charge is 0.507 e. The average molecular weight is 241 g/mol. The maximum atomic E-state index is 10.4. The summed E-state index contributed by atoms with van der Waals surface area (Å²) in [6, 6.07) is 12.2. The number of benzene rings is 2. The van der Waals surface area contributed by atoms with Gasteiger partial charge < -0.3 is 10.4 Å². The molecule has 0 saturated carbocycles. The molecule has 18 heavy (non-hydrogen) atoms. The molecule has 1 aliphatic rings. The SMILES string of the molecule is Oc1c(CC2CCNCC2)ccc2ccccc12. The Morgan fingerprint density at radius 2 is 1.83 bits per heavy atom. The lowest BCUT2D eigenvalue weighted by molar-refractivity contribution is 0.367. The van der Waals surface area contributed by atoms with Crippen LogP contribution in [0.4, 0.5) is 0 Å². The fourth-order valence-corrected chi connectivity index (χ4v) is 2.86. The topological polar surface area (TPSA) is 32.3 Å². The summed E-state index contributed by atoms with van der Waals surface area (Å²) in [5.41, 5.74) is 1.10. The van der Waals surface area contributed by atoms with Crippen molar-refractivity contribution < 1.29 is 5.11 Å². The summed E-state index contributed by atoms with van der Waals surface area (Å²) in [5, 5.41) is 15.8. The van der Waals surface area contributed by atoms with E-state index in [1.54, 1.807) is 0 Å². The van der Waals surface area contributed by atoms with E-state index in [0.29, 0.717) is 11.7 Å². The molecule has 2 heteroatoms. The average Bonchev–Trinajstić information content (AvgIpc) is 2.43. The van der Waals surface area contributed by atoms with Crippen molar-refractivity contribution in [1.82, 2.24) is 5.32 Å². The second-order valence-electron chi connectivity index (χ2n) is 5.19. The quantitative estimate of drug-likeness (QED) is 0.847. The molecule has 2 N–H and O–H groups in total. The minimum atomic E-state index is 0.478. The highest BCUT2D eigenvalue weighted by atomic mass is 16.3. The molecule has 3 rings (SSSR count). The fourth-order valence-electron chi connectivity index (χ4n) is 2.86. The van der Waals surface area contributed by atoms with Crippen molar-refractivity contribution in [1.29, 1.82) is 0 Å². The molecule has 0 aliphatic carbocycles. The number of phenols is 1. The second kappa shape index (κ2) is 4.99. The molecular weight excluding hydrogens is 222 g/mol. The first-order valence-corrected chi connectivity index (χ1v) is 6.75. The molecule has 2 aromatic rings. The van der Waals surface area contributed by atoms with E-state index < -0.39 is 0 Å². The van der Waals surface area contributed by atoms with Crippen molar-refractivity contribution in [2.75, 3.05) is 13.1 Å². The number of aromatic hydroxyl groups is 1. The lowest BCUT2D eigenvalue weighted by Crippen LogP contribution is -2.28. The summed E-state index contributed by atoms with van der Waals surface area (Å²) in [6.07, 6.45) is 3.43. The molecule has 2 aromatic carbocycles. The number of phenolic OH excluding ortho intramolecular Hbond substituents is 1. The second-order valence-corrected chi connectivity index (χ2v) is 5.19. The standard InChI is InChI=1S/C16H19NO/c18-16-14(11-12-7-9-17-10-8-12)6-5-13-3-1-2-4-15(13)16/h1-6,12,17-18H,7-11H2. The van der Waals surface area contributed by atoms with Crippen LogP contribution in [-0.4, -0.2) is 18.2 Å². The Morgan fingerprint density at radius 1 is 1.06 bits per heavy atom. The zero-order valence-corrected chi connectivity index (χ0v) is 10.5. The highest BCUT2D eigenvalue weighted by molar-refractivity contribution is 5.89. The molecule has 0 atom stereocenters. The van der Waals surface area contributed by atoms with Crippen molar-refractivity contribution in [3.63, 3.8) is 0 Å². The number of hydrogen-bond acceptors (Lipinski definition) is 2. The smallest absolute Gasteiger partial charge is 0.126 e. The summed E-state index contributed by atoms with van der Waals surface area (Å²) in [5.74, 6) is 1.19. The minimum absolute atomic E-state index is 0.478. The van der Waals surface area contributed by atoms with E-state index in [0.717, 1.165) is 35.8 Å². The van der Waals surface area contributed by atoms with Gasteiger partial charge in [-0.25, -0.2) is 0 Å². The zero-order valence-electron chi connectivity index (χ0n) is 10.5. The predicted molar refractivity (Wildman–Crippen MR) is 74.9 cm³/mol. The van der Waals surface area contributed by atoms with Gasteiger partial charge in [0.05, 0.1) is 0 Å². The molecule has 0 unspecified atom stereocenters. The van der Waals surface area contributed by atoms with Gasteiger partial charge >= 0.3 is 0 Å². The third-order valence-electron chi connectivity index (χ3n) is 3.95. The molecule has 0 spiro atoms. The van der Waals surface area contributed by atoms with Gasteiger partial charge in [0.2, 0.25) is 0 Å². The number of rotatable bonds is 2. The minimum Gasteiger partial charge on any atom is -0.507 e. The molecule has 1 saturated heterocycles. The van der Waals surface area contributed by atoms with Crippen LogP contribution in [0.15, 0.2) is 36.4 Å². The van der Waals surface area contributed by atoms with Crippen LogP contribution in [0.25, 0.3) is 10.8 Å². The Hall–Kier alpha value is -1.54. The third-order valence-corrected chi connectivity index (χ3v) is 3.95. The normalized spacial score (nSPS) is 17.1. The molecule has 1 fully saturated rings. The van der Waals surface area contributed by atoms with Gasteiger partial charge in [0.25, 0.3) is 0 Å². The van der Waals surface area contributed by atoms with Crippen molar-refractivity contribution in [3.05, 3.63) is 42.0 Å². The Labute approximate surface area is 108 Å². The Balaban J connectivity index is 1.89. The molecule has 0 bridgehead atoms. The van der Waals surface area contributed by atoms with Gasteiger partial charge in [-0.2, -0.15) is 0 Å². The van der Waals surface area contributed by atoms with Gasteiger partial charge in [0.15, 0.2) is 0 Å². The number of nitrogens with one attached hydrogen (secondary N) is 1. The highest BCUT2D eigenvalue weighted by Gasteiger charge is 2.16. The van der Waals surface area contributed by atoms with E-state index in [4.69, 9.17) is 0 Å². The zero-order chi connectivity index (χ0) is 12.4. The molecule has 1 aliphatic heterocycles. The van der Waals surface area contributed by atoms with Gasteiger partial charge in [-0.1, -0.05) is 36.4 Å². The predicted octanol–water partition coefficient (Wildman–Crippen LogP) is 3.09. The van der Waals surface area contributed by atoms with Crippen molar-refractivity contribution >= 4 is 10.8 Å². The number of piperidine rings is 1. The third kappa shape index (κ3) is 2.21. The van der Waals surface area contributed by atoms with Crippen molar-refractivity contribution in [3.8, 4) is 5.75 Å². The van der Waals surface area contributed by atoms with Crippen LogP contribution < -0.4 is 5.32 Å². The monoisotopic (exact) mass is 241 g/mol. The van der Waals surface area contributed by atoms with Crippen molar-refractivity contribution in [2.24, 2.45) is 5.92 Å². The molecule has 2 nitrogen and oxygen atoms in total. The fraction of sp³-hybridized carbons (Fsp3) is 0.375. The van der Waals surface area contributed by atoms with Crippen LogP contribution in [-0.2, 0) is 6.42 Å². The first-order chi connectivity index (χ1) is 8.84. The molecular formula is C16H19NO. The van der Waals surface area contributed by atoms with E-state index in [-0.39, 0.29) is 0 Å². The summed E-state index contributed by atoms with van der Waals surface area (Å²) in [7, 11) is 0. The van der Waals surface area contributed by atoms with E-state index in [2.05, 4.69) is 17.4 Å². The van der Waals surface area contributed by atoms with Gasteiger partial charge in [0, 0.05) is 5.39 Å². The summed E-state index contributed by atoms with van der Waals surface area (Å²) >= 11 is 0. The van der Waals surface area contributed by atoms with Crippen molar-refractivity contribution in [2.45, 2.75) is 19.3 Å². The van der Waals surface area contributed by atoms with E-state index in [9.17, 15) is 5.11 Å². The molecule has 0 amide bonds. The van der Waals surface area contributed by atoms with Crippen LogP contribution >= 0.6 is 0 Å². The van der Waals surface area contributed by atoms with Crippen LogP contribution in [0.2, 0.25) is 0 Å². The number of fused-ring (bicyclic) bond motifs is 1. The Kier molecular flexibility index (Phi) is 3.20. The lowest BCUT2D eigenvalue weighted by atomic mass is 9.89. The van der Waals surface area contributed by atoms with E-state index in [1.807, 2.05) is 24.3 Å². The van der Waals surface area contributed by atoms with Gasteiger partial charge in [-0.15, -0.1) is 0 Å². The molecule has 94 valence electrons. The van der Waals surface area contributed by atoms with Gasteiger partial charge in [-0.3, -0.25) is 0 Å². The molecule has 1 heterocycles. The summed E-state index contributed by atoms with van der Waals surface area (Å²) in [4.78, 5) is 0. The van der Waals surface area contributed by atoms with Gasteiger partial charge in [0.1, 0.15) is 5.75 Å². The van der Waals surface area contributed by atoms with E-state index in [1.165, 1.54) is 12.8 Å². The van der Waals surface area contributed by atoms with Crippen LogP contribution in [0.1, 0.15) is 18.4 Å². The highest BCUT2D eigenvalue weighted by Crippen LogP contribution is 2.31. The Morgan fingerprint density at radius 3 is 2.67 bits per heavy atom. The summed E-state index contributed by atoms with van der Waals surface area (Å²) in [6.45, 7) is 2.22. The Bertz CT molecular complexity index is 544. The lowest BCUT2D eigenvalue weighted by Gasteiger charge is -2.23. The van der Waals surface area contributed by atoms with E-state index >= 15 is 0 Å². The summed E-state index contributed by atoms with van der Waals surface area (Å²) < 4.78 is 0. The van der Waals surface area contributed by atoms with Crippen LogP contribution in [0.5, 0.6) is 5.75 Å². The molecule has 0 radical (unpaired) electrons. The maximum absolute atomic E-state index is 10.4. The first kappa shape index (κ1) is 11.5. The molecule has 0 aromatic heterocycles. The van der Waals surface area contributed by atoms with Crippen LogP contribution in [0, 0.1) is 5.92 Å². The first-order valence-electron chi connectivity index (χ1n) is 6.75. The van der Waals surface area contributed by atoms with Crippen LogP contribution in [0.3, 0.4) is 0 Å². The van der Waals surface area contributed by atoms with Gasteiger partial charge in [-0.05, 0) is 49.2 Å². The maximum Gasteiger partial charge on any atom is 0.126 e. The number of hydrogen-bond donors (Lipinski definition) is 2.